The number of rotatable bonds is 1. The molecule has 0 bridgehead atoms. The molecule has 3 nitrogen and oxygen atoms in total. The number of nitrogens with zero attached hydrogens (tertiary/aromatic N) is 1. The summed E-state index contributed by atoms with van der Waals surface area (Å²) in [5.74, 6) is -0.411. The normalized spacial score (nSPS) is 19.8. The van der Waals surface area contributed by atoms with E-state index in [0.717, 1.165) is 6.07 Å². The summed E-state index contributed by atoms with van der Waals surface area (Å²) < 4.78 is 38.2. The molecule has 0 unspecified atom stereocenters. The largest absolute Gasteiger partial charge is 0.417 e. The fourth-order valence-corrected chi connectivity index (χ4v) is 2.50. The van der Waals surface area contributed by atoms with E-state index in [4.69, 9.17) is 5.73 Å². The molecule has 1 aromatic rings. The van der Waals surface area contributed by atoms with Crippen LogP contribution in [0.5, 0.6) is 0 Å². The number of benzene rings is 1. The van der Waals surface area contributed by atoms with E-state index in [-0.39, 0.29) is 16.1 Å². The van der Waals surface area contributed by atoms with Gasteiger partial charge in [0.2, 0.25) is 0 Å². The van der Waals surface area contributed by atoms with Gasteiger partial charge in [0.15, 0.2) is 0 Å². The van der Waals surface area contributed by atoms with Crippen molar-refractivity contribution in [3.05, 3.63) is 33.8 Å². The lowest BCUT2D eigenvalue weighted by Gasteiger charge is -2.17. The van der Waals surface area contributed by atoms with Crippen LogP contribution in [-0.4, -0.2) is 29.9 Å². The lowest BCUT2D eigenvalue weighted by Crippen LogP contribution is -2.32. The second kappa shape index (κ2) is 5.13. The summed E-state index contributed by atoms with van der Waals surface area (Å²) in [6, 6.07) is 3.40. The highest BCUT2D eigenvalue weighted by molar-refractivity contribution is 9.10. The Morgan fingerprint density at radius 3 is 2.63 bits per heavy atom. The van der Waals surface area contributed by atoms with Crippen LogP contribution in [0.25, 0.3) is 0 Å². The van der Waals surface area contributed by atoms with Crippen LogP contribution < -0.4 is 5.73 Å². The fraction of sp³-hybridized carbons (Fsp3) is 0.417. The summed E-state index contributed by atoms with van der Waals surface area (Å²) in [5.41, 5.74) is 4.87. The first-order valence-corrected chi connectivity index (χ1v) is 6.50. The highest BCUT2D eigenvalue weighted by Gasteiger charge is 2.34. The van der Waals surface area contributed by atoms with Crippen LogP contribution in [0.1, 0.15) is 22.3 Å². The molecule has 1 atom stereocenters. The first kappa shape index (κ1) is 14.3. The molecule has 1 saturated heterocycles. The van der Waals surface area contributed by atoms with Gasteiger partial charge in [-0.3, -0.25) is 4.79 Å². The zero-order valence-corrected chi connectivity index (χ0v) is 11.5. The van der Waals surface area contributed by atoms with Crippen LogP contribution in [0.3, 0.4) is 0 Å². The average Bonchev–Trinajstić information content (AvgIpc) is 2.74. The van der Waals surface area contributed by atoms with Crippen LogP contribution in [-0.2, 0) is 6.18 Å². The van der Waals surface area contributed by atoms with Gasteiger partial charge in [-0.1, -0.05) is 15.9 Å². The van der Waals surface area contributed by atoms with Crippen molar-refractivity contribution in [1.82, 2.24) is 4.90 Å². The Morgan fingerprint density at radius 2 is 2.11 bits per heavy atom. The SMILES string of the molecule is N[C@@H]1CCN(C(=O)c2ccc(Br)c(C(F)(F)F)c2)C1. The minimum atomic E-state index is -4.49. The number of nitrogens with two attached hydrogens (primary N) is 1. The van der Waals surface area contributed by atoms with Crippen molar-refractivity contribution in [2.45, 2.75) is 18.6 Å². The maximum Gasteiger partial charge on any atom is 0.417 e. The van der Waals surface area contributed by atoms with E-state index >= 15 is 0 Å². The number of alkyl halides is 3. The quantitative estimate of drug-likeness (QED) is 0.856. The highest BCUT2D eigenvalue weighted by atomic mass is 79.9. The van der Waals surface area contributed by atoms with Gasteiger partial charge in [-0.05, 0) is 24.6 Å². The minimum absolute atomic E-state index is 0.0321. The Kier molecular flexibility index (Phi) is 3.87. The standard InChI is InChI=1S/C12H12BrF3N2O/c13-10-2-1-7(5-9(10)12(14,15)16)11(19)18-4-3-8(17)6-18/h1-2,5,8H,3-4,6,17H2/t8-/m1/s1. The Hall–Kier alpha value is -1.08. The van der Waals surface area contributed by atoms with Gasteiger partial charge in [0.25, 0.3) is 5.91 Å². The molecule has 0 aliphatic carbocycles. The summed E-state index contributed by atoms with van der Waals surface area (Å²) in [6.45, 7) is 0.869. The molecule has 1 amide bonds. The van der Waals surface area contributed by atoms with E-state index in [2.05, 4.69) is 15.9 Å². The third-order valence-electron chi connectivity index (χ3n) is 3.03. The van der Waals surface area contributed by atoms with Crippen molar-refractivity contribution in [1.29, 1.82) is 0 Å². The van der Waals surface area contributed by atoms with Crippen molar-refractivity contribution in [3.63, 3.8) is 0 Å². The van der Waals surface area contributed by atoms with Crippen LogP contribution >= 0.6 is 15.9 Å². The third-order valence-corrected chi connectivity index (χ3v) is 3.72. The first-order chi connectivity index (χ1) is 8.79. The second-order valence-corrected chi connectivity index (χ2v) is 5.35. The molecule has 7 heteroatoms. The Balaban J connectivity index is 2.28. The molecule has 2 N–H and O–H groups in total. The smallest absolute Gasteiger partial charge is 0.337 e. The Morgan fingerprint density at radius 1 is 1.42 bits per heavy atom. The maximum atomic E-state index is 12.8. The second-order valence-electron chi connectivity index (χ2n) is 4.49. The zero-order chi connectivity index (χ0) is 14.2. The number of likely N-dealkylation sites (tertiary alicyclic amines) is 1. The van der Waals surface area contributed by atoms with Crippen molar-refractivity contribution in [2.24, 2.45) is 5.73 Å². The monoisotopic (exact) mass is 336 g/mol. The highest BCUT2D eigenvalue weighted by Crippen LogP contribution is 2.35. The molecule has 1 fully saturated rings. The molecule has 0 radical (unpaired) electrons. The molecule has 104 valence electrons. The number of halogens is 4. The van der Waals surface area contributed by atoms with E-state index in [9.17, 15) is 18.0 Å². The average molecular weight is 337 g/mol. The van der Waals surface area contributed by atoms with Crippen molar-refractivity contribution in [2.75, 3.05) is 13.1 Å². The number of hydrogen-bond donors (Lipinski definition) is 1. The number of carbonyl (C=O) groups excluding carboxylic acids is 1. The van der Waals surface area contributed by atoms with Gasteiger partial charge in [0.1, 0.15) is 0 Å². The Labute approximate surface area is 116 Å². The molecule has 1 aliphatic heterocycles. The van der Waals surface area contributed by atoms with Gasteiger partial charge >= 0.3 is 6.18 Å². The van der Waals surface area contributed by atoms with Gasteiger partial charge in [0.05, 0.1) is 5.56 Å². The van der Waals surface area contributed by atoms with Gasteiger partial charge < -0.3 is 10.6 Å². The molecule has 2 rings (SSSR count). The number of amides is 1. The van der Waals surface area contributed by atoms with Crippen molar-refractivity contribution < 1.29 is 18.0 Å². The van der Waals surface area contributed by atoms with Crippen molar-refractivity contribution >= 4 is 21.8 Å². The van der Waals surface area contributed by atoms with Gasteiger partial charge in [-0.15, -0.1) is 0 Å². The van der Waals surface area contributed by atoms with E-state index < -0.39 is 17.6 Å². The summed E-state index contributed by atoms with van der Waals surface area (Å²) in [7, 11) is 0. The molecule has 0 saturated carbocycles. The molecule has 1 aromatic carbocycles. The molecule has 1 aliphatic rings. The third kappa shape index (κ3) is 3.09. The molecule has 0 spiro atoms. The van der Waals surface area contributed by atoms with Gasteiger partial charge in [-0.25, -0.2) is 0 Å². The number of carbonyl (C=O) groups is 1. The Bertz CT molecular complexity index is 504. The number of hydrogen-bond acceptors (Lipinski definition) is 2. The fourth-order valence-electron chi connectivity index (χ4n) is 2.03. The predicted octanol–water partition coefficient (Wildman–Crippen LogP) is 2.64. The van der Waals surface area contributed by atoms with E-state index in [1.54, 1.807) is 0 Å². The summed E-state index contributed by atoms with van der Waals surface area (Å²) >= 11 is 2.84. The summed E-state index contributed by atoms with van der Waals surface area (Å²) in [4.78, 5) is 13.6. The molecular weight excluding hydrogens is 325 g/mol. The zero-order valence-electron chi connectivity index (χ0n) is 9.88. The van der Waals surface area contributed by atoms with Crippen LogP contribution in [0.4, 0.5) is 13.2 Å². The van der Waals surface area contributed by atoms with Crippen molar-refractivity contribution in [3.8, 4) is 0 Å². The summed E-state index contributed by atoms with van der Waals surface area (Å²) in [5, 5.41) is 0. The molecule has 1 heterocycles. The van der Waals surface area contributed by atoms with Crippen LogP contribution in [0.2, 0.25) is 0 Å². The maximum absolute atomic E-state index is 12.8. The predicted molar refractivity (Wildman–Crippen MR) is 67.6 cm³/mol. The van der Waals surface area contributed by atoms with E-state index in [1.165, 1.54) is 17.0 Å². The van der Waals surface area contributed by atoms with Crippen LogP contribution in [0.15, 0.2) is 22.7 Å². The first-order valence-electron chi connectivity index (χ1n) is 5.70. The van der Waals surface area contributed by atoms with Crippen LogP contribution in [0, 0.1) is 0 Å². The summed E-state index contributed by atoms with van der Waals surface area (Å²) in [6.07, 6.45) is -3.81. The lowest BCUT2D eigenvalue weighted by atomic mass is 10.1. The lowest BCUT2D eigenvalue weighted by molar-refractivity contribution is -0.138. The van der Waals surface area contributed by atoms with E-state index in [0.29, 0.717) is 19.5 Å². The van der Waals surface area contributed by atoms with Gasteiger partial charge in [-0.2, -0.15) is 13.2 Å². The topological polar surface area (TPSA) is 46.3 Å². The minimum Gasteiger partial charge on any atom is -0.337 e. The molecular formula is C12H12BrF3N2O. The molecule has 19 heavy (non-hydrogen) atoms. The van der Waals surface area contributed by atoms with E-state index in [1.807, 2.05) is 0 Å². The molecule has 0 aromatic heterocycles. The van der Waals surface area contributed by atoms with Gasteiger partial charge in [0, 0.05) is 29.2 Å².